The lowest BCUT2D eigenvalue weighted by Crippen LogP contribution is -2.65. The molecule has 2 atom stereocenters. The van der Waals surface area contributed by atoms with Crippen LogP contribution in [0.2, 0.25) is 0 Å². The van der Waals surface area contributed by atoms with Crippen molar-refractivity contribution in [1.82, 2.24) is 10.2 Å². The number of nitrogens with zero attached hydrogens (tertiary/aromatic N) is 1. The predicted molar refractivity (Wildman–Crippen MR) is 77.5 cm³/mol. The van der Waals surface area contributed by atoms with Crippen LogP contribution >= 0.6 is 0 Å². The molecule has 2 aliphatic rings. The van der Waals surface area contributed by atoms with Gasteiger partial charge in [0.05, 0.1) is 6.61 Å². The topological polar surface area (TPSA) is 33.7 Å². The van der Waals surface area contributed by atoms with Gasteiger partial charge in [0.25, 0.3) is 0 Å². The Morgan fingerprint density at radius 2 is 2.11 bits per heavy atom. The van der Waals surface area contributed by atoms with Gasteiger partial charge < -0.3 is 14.8 Å². The summed E-state index contributed by atoms with van der Waals surface area (Å²) in [6, 6.07) is 0.568. The van der Waals surface area contributed by atoms with Crippen molar-refractivity contribution in [2.75, 3.05) is 40.0 Å². The Morgan fingerprint density at radius 1 is 1.37 bits per heavy atom. The average Bonchev–Trinajstić information content (AvgIpc) is 2.91. The molecular weight excluding hydrogens is 240 g/mol. The summed E-state index contributed by atoms with van der Waals surface area (Å²) in [7, 11) is 1.83. The van der Waals surface area contributed by atoms with Gasteiger partial charge in [-0.3, -0.25) is 4.90 Å². The summed E-state index contributed by atoms with van der Waals surface area (Å²) in [6.45, 7) is 11.6. The third-order valence-corrected chi connectivity index (χ3v) is 5.25. The molecule has 0 aromatic heterocycles. The van der Waals surface area contributed by atoms with E-state index in [1.807, 2.05) is 7.11 Å². The molecule has 1 N–H and O–H groups in total. The molecule has 2 rings (SSSR count). The van der Waals surface area contributed by atoms with Crippen LogP contribution in [0.15, 0.2) is 0 Å². The smallest absolute Gasteiger partial charge is 0.106 e. The van der Waals surface area contributed by atoms with E-state index in [1.54, 1.807) is 0 Å². The first kappa shape index (κ1) is 15.2. The number of ether oxygens (including phenoxy) is 2. The highest BCUT2D eigenvalue weighted by molar-refractivity contribution is 4.99. The van der Waals surface area contributed by atoms with Crippen LogP contribution in [0.1, 0.15) is 40.0 Å². The first-order chi connectivity index (χ1) is 9.09. The quantitative estimate of drug-likeness (QED) is 0.823. The van der Waals surface area contributed by atoms with Crippen molar-refractivity contribution in [1.29, 1.82) is 0 Å². The van der Waals surface area contributed by atoms with Gasteiger partial charge in [0.15, 0.2) is 0 Å². The lowest BCUT2D eigenvalue weighted by molar-refractivity contribution is -0.0604. The minimum atomic E-state index is -0.0845. The molecule has 19 heavy (non-hydrogen) atoms. The Balaban J connectivity index is 2.04. The van der Waals surface area contributed by atoms with Gasteiger partial charge in [-0.1, -0.05) is 13.8 Å². The molecule has 0 bridgehead atoms. The van der Waals surface area contributed by atoms with Gasteiger partial charge in [-0.05, 0) is 19.8 Å². The van der Waals surface area contributed by atoms with Gasteiger partial charge in [0.2, 0.25) is 0 Å². The highest BCUT2D eigenvalue weighted by atomic mass is 16.5. The first-order valence-corrected chi connectivity index (χ1v) is 7.71. The maximum atomic E-state index is 5.80. The van der Waals surface area contributed by atoms with Crippen LogP contribution in [-0.2, 0) is 9.47 Å². The average molecular weight is 270 g/mol. The number of nitrogens with one attached hydrogen (secondary N) is 1. The molecule has 4 nitrogen and oxygen atoms in total. The Morgan fingerprint density at radius 3 is 2.63 bits per heavy atom. The van der Waals surface area contributed by atoms with E-state index in [0.717, 1.165) is 39.3 Å². The highest BCUT2D eigenvalue weighted by Crippen LogP contribution is 2.28. The number of piperazine rings is 1. The molecule has 2 saturated heterocycles. The zero-order chi connectivity index (χ0) is 13.9. The summed E-state index contributed by atoms with van der Waals surface area (Å²) >= 11 is 0. The second-order valence-electron chi connectivity index (χ2n) is 6.31. The van der Waals surface area contributed by atoms with E-state index in [0.29, 0.717) is 6.04 Å². The molecule has 0 aromatic carbocycles. The van der Waals surface area contributed by atoms with Crippen LogP contribution in [0, 0.1) is 0 Å². The summed E-state index contributed by atoms with van der Waals surface area (Å²) in [4.78, 5) is 2.60. The van der Waals surface area contributed by atoms with Crippen LogP contribution < -0.4 is 5.32 Å². The zero-order valence-electron chi connectivity index (χ0n) is 13.0. The summed E-state index contributed by atoms with van der Waals surface area (Å²) in [5, 5.41) is 3.75. The van der Waals surface area contributed by atoms with Crippen molar-refractivity contribution in [2.45, 2.75) is 57.2 Å². The fourth-order valence-electron chi connectivity index (χ4n) is 3.34. The Hall–Kier alpha value is -0.160. The molecule has 0 amide bonds. The van der Waals surface area contributed by atoms with Gasteiger partial charge in [-0.15, -0.1) is 0 Å². The van der Waals surface area contributed by atoms with Gasteiger partial charge in [-0.25, -0.2) is 0 Å². The molecular formula is C15H30N2O2. The molecule has 0 radical (unpaired) electrons. The van der Waals surface area contributed by atoms with Crippen molar-refractivity contribution in [2.24, 2.45) is 0 Å². The molecule has 112 valence electrons. The first-order valence-electron chi connectivity index (χ1n) is 7.71. The number of rotatable bonds is 5. The SMILES string of the molecule is CCC1(CC)CN(CC2(OC)CCOC2)C(C)CN1. The van der Waals surface area contributed by atoms with Gasteiger partial charge >= 0.3 is 0 Å². The van der Waals surface area contributed by atoms with Crippen LogP contribution in [0.25, 0.3) is 0 Å². The van der Waals surface area contributed by atoms with E-state index < -0.39 is 0 Å². The Labute approximate surface area is 117 Å². The summed E-state index contributed by atoms with van der Waals surface area (Å²) in [5.74, 6) is 0. The lowest BCUT2D eigenvalue weighted by Gasteiger charge is -2.48. The van der Waals surface area contributed by atoms with Crippen molar-refractivity contribution < 1.29 is 9.47 Å². The predicted octanol–water partition coefficient (Wildman–Crippen LogP) is 1.64. The molecule has 2 aliphatic heterocycles. The number of methoxy groups -OCH3 is 1. The number of hydrogen-bond donors (Lipinski definition) is 1. The second-order valence-corrected chi connectivity index (χ2v) is 6.31. The minimum Gasteiger partial charge on any atom is -0.378 e. The molecule has 2 fully saturated rings. The molecule has 4 heteroatoms. The molecule has 2 heterocycles. The van der Waals surface area contributed by atoms with Gasteiger partial charge in [0, 0.05) is 51.4 Å². The van der Waals surface area contributed by atoms with E-state index in [1.165, 1.54) is 12.8 Å². The molecule has 0 saturated carbocycles. The van der Waals surface area contributed by atoms with Crippen molar-refractivity contribution in [3.63, 3.8) is 0 Å². The molecule has 0 aromatic rings. The van der Waals surface area contributed by atoms with Crippen molar-refractivity contribution >= 4 is 0 Å². The fraction of sp³-hybridized carbons (Fsp3) is 1.00. The maximum absolute atomic E-state index is 5.80. The van der Waals surface area contributed by atoms with Gasteiger partial charge in [0.1, 0.15) is 5.60 Å². The third-order valence-electron chi connectivity index (χ3n) is 5.25. The summed E-state index contributed by atoms with van der Waals surface area (Å²) in [5.41, 5.74) is 0.194. The van der Waals surface area contributed by atoms with Gasteiger partial charge in [-0.2, -0.15) is 0 Å². The molecule has 0 aliphatic carbocycles. The fourth-order valence-corrected chi connectivity index (χ4v) is 3.34. The lowest BCUT2D eigenvalue weighted by atomic mass is 9.87. The monoisotopic (exact) mass is 270 g/mol. The van der Waals surface area contributed by atoms with Crippen molar-refractivity contribution in [3.8, 4) is 0 Å². The van der Waals surface area contributed by atoms with Crippen LogP contribution in [0.4, 0.5) is 0 Å². The van der Waals surface area contributed by atoms with Crippen LogP contribution in [-0.4, -0.2) is 62.0 Å². The zero-order valence-corrected chi connectivity index (χ0v) is 13.0. The van der Waals surface area contributed by atoms with E-state index in [9.17, 15) is 0 Å². The van der Waals surface area contributed by atoms with Crippen LogP contribution in [0.5, 0.6) is 0 Å². The largest absolute Gasteiger partial charge is 0.378 e. The van der Waals surface area contributed by atoms with E-state index in [-0.39, 0.29) is 11.1 Å². The van der Waals surface area contributed by atoms with E-state index >= 15 is 0 Å². The Kier molecular flexibility index (Phi) is 4.88. The maximum Gasteiger partial charge on any atom is 0.106 e. The van der Waals surface area contributed by atoms with Crippen LogP contribution in [0.3, 0.4) is 0 Å². The number of hydrogen-bond acceptors (Lipinski definition) is 4. The normalized spacial score (nSPS) is 35.7. The standard InChI is InChI=1S/C15H30N2O2/c1-5-14(6-2)10-17(13(3)9-16-14)11-15(18-4)7-8-19-12-15/h13,16H,5-12H2,1-4H3. The molecule has 2 unspecified atom stereocenters. The summed E-state index contributed by atoms with van der Waals surface area (Å²) < 4.78 is 11.4. The highest BCUT2D eigenvalue weighted by Gasteiger charge is 2.42. The second kappa shape index (κ2) is 6.08. The minimum absolute atomic E-state index is 0.0845. The van der Waals surface area contributed by atoms with E-state index in [2.05, 4.69) is 31.0 Å². The third kappa shape index (κ3) is 3.13. The summed E-state index contributed by atoms with van der Waals surface area (Å²) in [6.07, 6.45) is 3.39. The van der Waals surface area contributed by atoms with Crippen molar-refractivity contribution in [3.05, 3.63) is 0 Å². The molecule has 0 spiro atoms. The Bertz CT molecular complexity index is 286. The van der Waals surface area contributed by atoms with E-state index in [4.69, 9.17) is 9.47 Å².